The van der Waals surface area contributed by atoms with Crippen molar-refractivity contribution in [3.63, 3.8) is 0 Å². The lowest BCUT2D eigenvalue weighted by atomic mass is 9.98. The molecular weight excluding hydrogens is 200 g/mol. The highest BCUT2D eigenvalue weighted by Gasteiger charge is 2.21. The fourth-order valence-corrected chi connectivity index (χ4v) is 2.92. The summed E-state index contributed by atoms with van der Waals surface area (Å²) < 4.78 is 0. The van der Waals surface area contributed by atoms with Gasteiger partial charge in [-0.3, -0.25) is 4.79 Å². The van der Waals surface area contributed by atoms with Crippen LogP contribution >= 0.6 is 0 Å². The van der Waals surface area contributed by atoms with Crippen LogP contribution < -0.4 is 10.6 Å². The number of hydrogen-bond acceptors (Lipinski definition) is 2. The summed E-state index contributed by atoms with van der Waals surface area (Å²) >= 11 is 0. The zero-order valence-electron chi connectivity index (χ0n) is 10.1. The van der Waals surface area contributed by atoms with E-state index in [9.17, 15) is 4.79 Å². The normalized spacial score (nSPS) is 26.9. The van der Waals surface area contributed by atoms with Gasteiger partial charge in [0.05, 0.1) is 5.92 Å². The van der Waals surface area contributed by atoms with Gasteiger partial charge < -0.3 is 10.6 Å². The summed E-state index contributed by atoms with van der Waals surface area (Å²) in [6.45, 7) is 2.83. The van der Waals surface area contributed by atoms with Crippen LogP contribution in [0.25, 0.3) is 0 Å². The van der Waals surface area contributed by atoms with Gasteiger partial charge in [-0.1, -0.05) is 25.7 Å². The van der Waals surface area contributed by atoms with Crippen LogP contribution in [0.1, 0.15) is 44.9 Å². The zero-order valence-corrected chi connectivity index (χ0v) is 10.1. The van der Waals surface area contributed by atoms with E-state index in [1.54, 1.807) is 0 Å². The molecule has 0 aromatic heterocycles. The maximum absolute atomic E-state index is 11.8. The van der Waals surface area contributed by atoms with Crippen LogP contribution in [0.4, 0.5) is 0 Å². The molecule has 2 rings (SSSR count). The van der Waals surface area contributed by atoms with Crippen LogP contribution in [0.3, 0.4) is 0 Å². The molecule has 1 saturated heterocycles. The number of amides is 1. The third-order valence-corrected chi connectivity index (χ3v) is 3.99. The van der Waals surface area contributed by atoms with E-state index in [0.29, 0.717) is 0 Å². The lowest BCUT2D eigenvalue weighted by Crippen LogP contribution is -2.41. The molecule has 1 aliphatic heterocycles. The van der Waals surface area contributed by atoms with Crippen molar-refractivity contribution in [2.45, 2.75) is 44.9 Å². The van der Waals surface area contributed by atoms with Crippen molar-refractivity contribution in [1.29, 1.82) is 0 Å². The van der Waals surface area contributed by atoms with Gasteiger partial charge in [0.15, 0.2) is 0 Å². The Bertz CT molecular complexity index is 218. The Labute approximate surface area is 98.4 Å². The molecule has 16 heavy (non-hydrogen) atoms. The first-order valence-corrected chi connectivity index (χ1v) is 6.84. The van der Waals surface area contributed by atoms with Crippen LogP contribution in [-0.2, 0) is 4.79 Å². The van der Waals surface area contributed by atoms with Crippen molar-refractivity contribution < 1.29 is 4.79 Å². The lowest BCUT2D eigenvalue weighted by Gasteiger charge is -2.22. The fourth-order valence-electron chi connectivity index (χ4n) is 2.92. The van der Waals surface area contributed by atoms with Crippen LogP contribution in [0.5, 0.6) is 0 Å². The molecule has 1 amide bonds. The monoisotopic (exact) mass is 224 g/mol. The minimum Gasteiger partial charge on any atom is -0.356 e. The molecule has 1 atom stereocenters. The van der Waals surface area contributed by atoms with E-state index < -0.39 is 0 Å². The summed E-state index contributed by atoms with van der Waals surface area (Å²) in [7, 11) is 0. The molecule has 0 aromatic carbocycles. The van der Waals surface area contributed by atoms with Crippen LogP contribution in [0.2, 0.25) is 0 Å². The van der Waals surface area contributed by atoms with Gasteiger partial charge in [-0.2, -0.15) is 0 Å². The van der Waals surface area contributed by atoms with Crippen LogP contribution in [-0.4, -0.2) is 25.5 Å². The van der Waals surface area contributed by atoms with Crippen molar-refractivity contribution >= 4 is 5.91 Å². The van der Waals surface area contributed by atoms with Crippen molar-refractivity contribution in [1.82, 2.24) is 10.6 Å². The average molecular weight is 224 g/mol. The largest absolute Gasteiger partial charge is 0.356 e. The van der Waals surface area contributed by atoms with Gasteiger partial charge in [0.1, 0.15) is 0 Å². The van der Waals surface area contributed by atoms with E-state index in [0.717, 1.165) is 38.4 Å². The molecule has 3 heteroatoms. The Morgan fingerprint density at radius 3 is 2.69 bits per heavy atom. The number of rotatable bonds is 4. The maximum atomic E-state index is 11.8. The van der Waals surface area contributed by atoms with Crippen molar-refractivity contribution in [2.75, 3.05) is 19.6 Å². The molecule has 0 spiro atoms. The van der Waals surface area contributed by atoms with Gasteiger partial charge in [-0.05, 0) is 31.7 Å². The Morgan fingerprint density at radius 2 is 2.00 bits per heavy atom. The van der Waals surface area contributed by atoms with Gasteiger partial charge in [-0.25, -0.2) is 0 Å². The van der Waals surface area contributed by atoms with E-state index in [-0.39, 0.29) is 11.8 Å². The molecular formula is C13H24N2O. The third kappa shape index (κ3) is 3.48. The minimum atomic E-state index is 0.220. The molecule has 1 saturated carbocycles. The van der Waals surface area contributed by atoms with Crippen LogP contribution in [0.15, 0.2) is 0 Å². The zero-order chi connectivity index (χ0) is 11.2. The maximum Gasteiger partial charge on any atom is 0.224 e. The fraction of sp³-hybridized carbons (Fsp3) is 0.923. The van der Waals surface area contributed by atoms with Crippen LogP contribution in [0, 0.1) is 11.8 Å². The van der Waals surface area contributed by atoms with Crippen molar-refractivity contribution in [3.8, 4) is 0 Å². The predicted octanol–water partition coefficient (Wildman–Crippen LogP) is 1.68. The molecule has 1 heterocycles. The van der Waals surface area contributed by atoms with E-state index in [4.69, 9.17) is 0 Å². The molecule has 0 bridgehead atoms. The van der Waals surface area contributed by atoms with E-state index in [1.807, 2.05) is 0 Å². The lowest BCUT2D eigenvalue weighted by molar-refractivity contribution is -0.125. The topological polar surface area (TPSA) is 41.1 Å². The number of piperidine rings is 1. The molecule has 2 fully saturated rings. The molecule has 2 aliphatic rings. The van der Waals surface area contributed by atoms with E-state index in [2.05, 4.69) is 10.6 Å². The van der Waals surface area contributed by atoms with E-state index in [1.165, 1.54) is 32.1 Å². The molecule has 0 unspecified atom stereocenters. The van der Waals surface area contributed by atoms with Gasteiger partial charge in [0.25, 0.3) is 0 Å². The first-order chi connectivity index (χ1) is 7.86. The minimum absolute atomic E-state index is 0.220. The Hall–Kier alpha value is -0.570. The summed E-state index contributed by atoms with van der Waals surface area (Å²) in [6.07, 6.45) is 8.92. The van der Waals surface area contributed by atoms with Gasteiger partial charge >= 0.3 is 0 Å². The summed E-state index contributed by atoms with van der Waals surface area (Å²) in [5.74, 6) is 1.37. The van der Waals surface area contributed by atoms with Crippen molar-refractivity contribution in [2.24, 2.45) is 11.8 Å². The summed E-state index contributed by atoms with van der Waals surface area (Å²) in [4.78, 5) is 11.8. The average Bonchev–Trinajstić information content (AvgIpc) is 2.83. The third-order valence-electron chi connectivity index (χ3n) is 3.99. The molecule has 0 radical (unpaired) electrons. The molecule has 3 nitrogen and oxygen atoms in total. The highest BCUT2D eigenvalue weighted by atomic mass is 16.1. The quantitative estimate of drug-likeness (QED) is 0.763. The highest BCUT2D eigenvalue weighted by molar-refractivity contribution is 5.78. The highest BCUT2D eigenvalue weighted by Crippen LogP contribution is 2.26. The van der Waals surface area contributed by atoms with Crippen molar-refractivity contribution in [3.05, 3.63) is 0 Å². The molecule has 0 aromatic rings. The second-order valence-corrected chi connectivity index (χ2v) is 5.27. The Kier molecular flexibility index (Phi) is 4.64. The number of nitrogens with one attached hydrogen (secondary N) is 2. The summed E-state index contributed by atoms with van der Waals surface area (Å²) in [6, 6.07) is 0. The first kappa shape index (κ1) is 11.9. The summed E-state index contributed by atoms with van der Waals surface area (Å²) in [5, 5.41) is 6.39. The molecule has 1 aliphatic carbocycles. The summed E-state index contributed by atoms with van der Waals surface area (Å²) in [5.41, 5.74) is 0. The molecule has 2 N–H and O–H groups in total. The SMILES string of the molecule is O=C(NCCC1CCCC1)[C@@H]1CCCNC1. The number of hydrogen-bond donors (Lipinski definition) is 2. The first-order valence-electron chi connectivity index (χ1n) is 6.84. The number of carbonyl (C=O) groups is 1. The second kappa shape index (κ2) is 6.24. The smallest absolute Gasteiger partial charge is 0.224 e. The number of carbonyl (C=O) groups excluding carboxylic acids is 1. The molecule has 92 valence electrons. The Balaban J connectivity index is 1.59. The Morgan fingerprint density at radius 1 is 1.19 bits per heavy atom. The van der Waals surface area contributed by atoms with E-state index >= 15 is 0 Å². The van der Waals surface area contributed by atoms with Gasteiger partial charge in [0, 0.05) is 13.1 Å². The van der Waals surface area contributed by atoms with Gasteiger partial charge in [-0.15, -0.1) is 0 Å². The standard InChI is InChI=1S/C13H24N2O/c16-13(12-6-3-8-14-10-12)15-9-7-11-4-1-2-5-11/h11-12,14H,1-10H2,(H,15,16)/t12-/m1/s1. The predicted molar refractivity (Wildman–Crippen MR) is 65.2 cm³/mol. The second-order valence-electron chi connectivity index (χ2n) is 5.27. The van der Waals surface area contributed by atoms with Gasteiger partial charge in [0.2, 0.25) is 5.91 Å².